The van der Waals surface area contributed by atoms with E-state index in [0.717, 1.165) is 32.7 Å². The van der Waals surface area contributed by atoms with E-state index >= 15 is 0 Å². The Morgan fingerprint density at radius 2 is 2.40 bits per heavy atom. The summed E-state index contributed by atoms with van der Waals surface area (Å²) in [5, 5.41) is 3.17. The van der Waals surface area contributed by atoms with Gasteiger partial charge in [-0.3, -0.25) is 4.79 Å². The van der Waals surface area contributed by atoms with Gasteiger partial charge in [-0.1, -0.05) is 0 Å². The number of piperazine rings is 1. The quantitative estimate of drug-likeness (QED) is 0.719. The van der Waals surface area contributed by atoms with E-state index in [-0.39, 0.29) is 18.1 Å². The van der Waals surface area contributed by atoms with Gasteiger partial charge in [0.25, 0.3) is 0 Å². The average Bonchev–Trinajstić information content (AvgIpc) is 2.26. The van der Waals surface area contributed by atoms with Crippen molar-refractivity contribution in [3.8, 4) is 0 Å². The minimum Gasteiger partial charge on any atom is -0.376 e. The molecule has 0 aromatic heterocycles. The zero-order valence-electron chi connectivity index (χ0n) is 9.37. The monoisotopic (exact) mass is 212 g/mol. The van der Waals surface area contributed by atoms with Crippen molar-refractivity contribution in [2.45, 2.75) is 38.3 Å². The molecule has 0 saturated carbocycles. The molecule has 2 atom stereocenters. The summed E-state index contributed by atoms with van der Waals surface area (Å²) in [4.78, 5) is 13.7. The Balaban J connectivity index is 1.84. The van der Waals surface area contributed by atoms with Gasteiger partial charge in [0.15, 0.2) is 0 Å². The van der Waals surface area contributed by atoms with Crippen LogP contribution in [-0.4, -0.2) is 49.2 Å². The molecule has 0 bridgehead atoms. The van der Waals surface area contributed by atoms with Gasteiger partial charge in [0.1, 0.15) is 0 Å². The van der Waals surface area contributed by atoms with Crippen LogP contribution in [0.5, 0.6) is 0 Å². The molecule has 2 aliphatic heterocycles. The zero-order valence-corrected chi connectivity index (χ0v) is 9.37. The minimum atomic E-state index is -0.0256. The number of hydrogen-bond acceptors (Lipinski definition) is 3. The van der Waals surface area contributed by atoms with Crippen molar-refractivity contribution in [1.29, 1.82) is 0 Å². The Labute approximate surface area is 91.0 Å². The van der Waals surface area contributed by atoms with Gasteiger partial charge in [-0.25, -0.2) is 0 Å². The third kappa shape index (κ3) is 2.69. The van der Waals surface area contributed by atoms with Crippen LogP contribution >= 0.6 is 0 Å². The number of nitrogens with one attached hydrogen (secondary N) is 1. The molecule has 2 heterocycles. The van der Waals surface area contributed by atoms with Crippen molar-refractivity contribution in [2.24, 2.45) is 0 Å². The lowest BCUT2D eigenvalue weighted by molar-refractivity contribution is -0.137. The molecule has 0 spiro atoms. The number of amides is 1. The molecule has 0 aliphatic carbocycles. The van der Waals surface area contributed by atoms with Gasteiger partial charge in [-0.15, -0.1) is 0 Å². The average molecular weight is 212 g/mol. The SMILES string of the molecule is CC1NCCN(CC2CCCCO2)C1=O. The maximum absolute atomic E-state index is 11.8. The molecule has 1 N–H and O–H groups in total. The molecule has 86 valence electrons. The van der Waals surface area contributed by atoms with Gasteiger partial charge >= 0.3 is 0 Å². The first-order chi connectivity index (χ1) is 7.27. The fourth-order valence-electron chi connectivity index (χ4n) is 2.27. The van der Waals surface area contributed by atoms with E-state index in [1.165, 1.54) is 12.8 Å². The summed E-state index contributed by atoms with van der Waals surface area (Å²) in [5.41, 5.74) is 0. The largest absolute Gasteiger partial charge is 0.376 e. The van der Waals surface area contributed by atoms with Crippen LogP contribution in [0.2, 0.25) is 0 Å². The molecule has 2 saturated heterocycles. The molecule has 2 unspecified atom stereocenters. The van der Waals surface area contributed by atoms with Crippen LogP contribution in [0, 0.1) is 0 Å². The standard InChI is InChI=1S/C11H20N2O2/c1-9-11(14)13(6-5-12-9)8-10-4-2-3-7-15-10/h9-10,12H,2-8H2,1H3. The lowest BCUT2D eigenvalue weighted by atomic mass is 10.1. The van der Waals surface area contributed by atoms with Gasteiger partial charge in [-0.2, -0.15) is 0 Å². The van der Waals surface area contributed by atoms with Gasteiger partial charge in [0.2, 0.25) is 5.91 Å². The van der Waals surface area contributed by atoms with Gasteiger partial charge in [-0.05, 0) is 26.2 Å². The molecule has 4 nitrogen and oxygen atoms in total. The summed E-state index contributed by atoms with van der Waals surface area (Å²) >= 11 is 0. The van der Waals surface area contributed by atoms with E-state index in [2.05, 4.69) is 5.32 Å². The number of rotatable bonds is 2. The van der Waals surface area contributed by atoms with Crippen LogP contribution in [0.15, 0.2) is 0 Å². The smallest absolute Gasteiger partial charge is 0.239 e. The van der Waals surface area contributed by atoms with Crippen molar-refractivity contribution in [3.05, 3.63) is 0 Å². The van der Waals surface area contributed by atoms with E-state index in [4.69, 9.17) is 4.74 Å². The molecule has 15 heavy (non-hydrogen) atoms. The molecular formula is C11H20N2O2. The van der Waals surface area contributed by atoms with Crippen LogP contribution in [-0.2, 0) is 9.53 Å². The molecule has 2 fully saturated rings. The third-order valence-electron chi connectivity index (χ3n) is 3.21. The van der Waals surface area contributed by atoms with Crippen molar-refractivity contribution in [2.75, 3.05) is 26.2 Å². The van der Waals surface area contributed by atoms with Crippen molar-refractivity contribution >= 4 is 5.91 Å². The summed E-state index contributed by atoms with van der Waals surface area (Å²) in [7, 11) is 0. The highest BCUT2D eigenvalue weighted by atomic mass is 16.5. The molecule has 2 aliphatic rings. The van der Waals surface area contributed by atoms with Crippen LogP contribution in [0.1, 0.15) is 26.2 Å². The van der Waals surface area contributed by atoms with Crippen LogP contribution in [0.4, 0.5) is 0 Å². The summed E-state index contributed by atoms with van der Waals surface area (Å²) in [6, 6.07) is -0.0256. The van der Waals surface area contributed by atoms with Crippen LogP contribution in [0.3, 0.4) is 0 Å². The van der Waals surface area contributed by atoms with Crippen molar-refractivity contribution < 1.29 is 9.53 Å². The molecule has 0 aromatic carbocycles. The van der Waals surface area contributed by atoms with Gasteiger partial charge in [0, 0.05) is 26.2 Å². The van der Waals surface area contributed by atoms with Crippen molar-refractivity contribution in [3.63, 3.8) is 0 Å². The normalized spacial score (nSPS) is 33.1. The first-order valence-corrected chi connectivity index (χ1v) is 5.91. The Morgan fingerprint density at radius 3 is 3.13 bits per heavy atom. The third-order valence-corrected chi connectivity index (χ3v) is 3.21. The maximum atomic E-state index is 11.8. The number of hydrogen-bond donors (Lipinski definition) is 1. The van der Waals surface area contributed by atoms with Crippen molar-refractivity contribution in [1.82, 2.24) is 10.2 Å². The lowest BCUT2D eigenvalue weighted by Gasteiger charge is -2.35. The molecule has 0 aromatic rings. The first kappa shape index (κ1) is 10.9. The van der Waals surface area contributed by atoms with E-state index < -0.39 is 0 Å². The number of carbonyl (C=O) groups is 1. The lowest BCUT2D eigenvalue weighted by Crippen LogP contribution is -2.55. The second-order valence-corrected chi connectivity index (χ2v) is 4.45. The van der Waals surface area contributed by atoms with E-state index in [9.17, 15) is 4.79 Å². The minimum absolute atomic E-state index is 0.0256. The highest BCUT2D eigenvalue weighted by Gasteiger charge is 2.27. The summed E-state index contributed by atoms with van der Waals surface area (Å²) in [6.45, 7) is 5.30. The predicted octanol–water partition coefficient (Wildman–Crippen LogP) is 0.376. The second-order valence-electron chi connectivity index (χ2n) is 4.45. The topological polar surface area (TPSA) is 41.6 Å². The Kier molecular flexibility index (Phi) is 3.59. The number of nitrogens with zero attached hydrogens (tertiary/aromatic N) is 1. The first-order valence-electron chi connectivity index (χ1n) is 5.91. The number of carbonyl (C=O) groups excluding carboxylic acids is 1. The molecule has 0 radical (unpaired) electrons. The van der Waals surface area contributed by atoms with E-state index in [1.54, 1.807) is 0 Å². The van der Waals surface area contributed by atoms with Gasteiger partial charge < -0.3 is 15.0 Å². The number of ether oxygens (including phenoxy) is 1. The summed E-state index contributed by atoms with van der Waals surface area (Å²) in [6.07, 6.45) is 3.78. The second kappa shape index (κ2) is 4.94. The van der Waals surface area contributed by atoms with Crippen LogP contribution in [0.25, 0.3) is 0 Å². The molecular weight excluding hydrogens is 192 g/mol. The molecule has 1 amide bonds. The molecule has 4 heteroatoms. The van der Waals surface area contributed by atoms with E-state index in [0.29, 0.717) is 0 Å². The Bertz CT molecular complexity index is 227. The zero-order chi connectivity index (χ0) is 10.7. The highest BCUT2D eigenvalue weighted by molar-refractivity contribution is 5.82. The summed E-state index contributed by atoms with van der Waals surface area (Å²) in [5.74, 6) is 0.218. The maximum Gasteiger partial charge on any atom is 0.239 e. The molecule has 2 rings (SSSR count). The van der Waals surface area contributed by atoms with Crippen LogP contribution < -0.4 is 5.32 Å². The van der Waals surface area contributed by atoms with E-state index in [1.807, 2.05) is 11.8 Å². The highest BCUT2D eigenvalue weighted by Crippen LogP contribution is 2.14. The fraction of sp³-hybridized carbons (Fsp3) is 0.909. The summed E-state index contributed by atoms with van der Waals surface area (Å²) < 4.78 is 5.65. The Hall–Kier alpha value is -0.610. The Morgan fingerprint density at radius 1 is 1.53 bits per heavy atom. The fourth-order valence-corrected chi connectivity index (χ4v) is 2.27. The predicted molar refractivity (Wildman–Crippen MR) is 57.6 cm³/mol. The van der Waals surface area contributed by atoms with Gasteiger partial charge in [0.05, 0.1) is 12.1 Å².